The van der Waals surface area contributed by atoms with Gasteiger partial charge in [0.15, 0.2) is 0 Å². The molecule has 0 radical (unpaired) electrons. The Morgan fingerprint density at radius 1 is 1.19 bits per heavy atom. The molecule has 0 fully saturated rings. The minimum absolute atomic E-state index is 0.433. The van der Waals surface area contributed by atoms with Crippen molar-refractivity contribution in [2.75, 3.05) is 7.11 Å². The quantitative estimate of drug-likeness (QED) is 0.848. The van der Waals surface area contributed by atoms with Gasteiger partial charge in [-0.2, -0.15) is 5.10 Å². The summed E-state index contributed by atoms with van der Waals surface area (Å²) in [6.45, 7) is 4.33. The highest BCUT2D eigenvalue weighted by Gasteiger charge is 2.15. The van der Waals surface area contributed by atoms with Gasteiger partial charge in [-0.25, -0.2) is 0 Å². The summed E-state index contributed by atoms with van der Waals surface area (Å²) in [5.41, 5.74) is 1.71. The summed E-state index contributed by atoms with van der Waals surface area (Å²) in [5.74, 6) is 0.712. The lowest BCUT2D eigenvalue weighted by Crippen LogP contribution is -2.09. The van der Waals surface area contributed by atoms with Crippen molar-refractivity contribution in [3.05, 3.63) is 47.8 Å². The van der Waals surface area contributed by atoms with Crippen molar-refractivity contribution in [3.8, 4) is 5.75 Å². The van der Waals surface area contributed by atoms with Crippen LogP contribution in [0.25, 0.3) is 0 Å². The molecule has 0 saturated carbocycles. The maximum absolute atomic E-state index is 10.4. The van der Waals surface area contributed by atoms with Gasteiger partial charge in [-0.3, -0.25) is 4.68 Å². The second kappa shape index (κ2) is 7.27. The highest BCUT2D eigenvalue weighted by Crippen LogP contribution is 2.27. The van der Waals surface area contributed by atoms with Crippen LogP contribution in [0.2, 0.25) is 0 Å². The molecule has 4 nitrogen and oxygen atoms in total. The molecule has 0 aliphatic heterocycles. The Morgan fingerprint density at radius 3 is 2.57 bits per heavy atom. The average Bonchev–Trinajstić information content (AvgIpc) is 2.96. The number of aromatic nitrogens is 2. The molecule has 0 aliphatic carbocycles. The van der Waals surface area contributed by atoms with Gasteiger partial charge in [0.05, 0.1) is 24.9 Å². The van der Waals surface area contributed by atoms with Crippen LogP contribution in [0.4, 0.5) is 0 Å². The number of aliphatic hydroxyl groups excluding tert-OH is 1. The van der Waals surface area contributed by atoms with E-state index in [0.717, 1.165) is 24.1 Å². The average molecular weight is 288 g/mol. The summed E-state index contributed by atoms with van der Waals surface area (Å²) in [6, 6.07) is 9.97. The van der Waals surface area contributed by atoms with Crippen LogP contribution in [0.1, 0.15) is 50.1 Å². The number of hydrogen-bond donors (Lipinski definition) is 1. The van der Waals surface area contributed by atoms with Crippen molar-refractivity contribution < 1.29 is 9.84 Å². The predicted octanol–water partition coefficient (Wildman–Crippen LogP) is 3.53. The first kappa shape index (κ1) is 15.6. The minimum Gasteiger partial charge on any atom is -0.496 e. The van der Waals surface area contributed by atoms with E-state index in [1.54, 1.807) is 7.11 Å². The fraction of sp³-hybridized carbons (Fsp3) is 0.471. The molecule has 1 heterocycles. The van der Waals surface area contributed by atoms with Crippen molar-refractivity contribution in [1.82, 2.24) is 9.78 Å². The van der Waals surface area contributed by atoms with Gasteiger partial charge in [0.2, 0.25) is 0 Å². The first-order valence-electron chi connectivity index (χ1n) is 7.54. The van der Waals surface area contributed by atoms with Crippen molar-refractivity contribution in [3.63, 3.8) is 0 Å². The molecule has 1 N–H and O–H groups in total. The molecule has 0 aliphatic rings. The molecule has 0 bridgehead atoms. The maximum atomic E-state index is 10.4. The molecule has 2 aromatic rings. The molecule has 0 saturated heterocycles. The number of benzene rings is 1. The molecule has 4 heteroatoms. The van der Waals surface area contributed by atoms with Crippen LogP contribution in [0.15, 0.2) is 36.5 Å². The van der Waals surface area contributed by atoms with Crippen molar-refractivity contribution in [1.29, 1.82) is 0 Å². The van der Waals surface area contributed by atoms with E-state index in [2.05, 4.69) is 18.9 Å². The minimum atomic E-state index is -0.605. The third-order valence-electron chi connectivity index (χ3n) is 3.88. The van der Waals surface area contributed by atoms with Crippen LogP contribution in [-0.4, -0.2) is 22.0 Å². The van der Waals surface area contributed by atoms with Crippen molar-refractivity contribution in [2.45, 2.75) is 45.3 Å². The van der Waals surface area contributed by atoms with E-state index in [1.807, 2.05) is 41.2 Å². The molecule has 1 atom stereocenters. The third kappa shape index (κ3) is 3.64. The zero-order valence-electron chi connectivity index (χ0n) is 13.0. The van der Waals surface area contributed by atoms with Gasteiger partial charge in [-0.1, -0.05) is 32.0 Å². The summed E-state index contributed by atoms with van der Waals surface area (Å²) < 4.78 is 7.30. The molecular weight excluding hydrogens is 264 g/mol. The Balaban J connectivity index is 2.11. The van der Waals surface area contributed by atoms with Gasteiger partial charge in [0, 0.05) is 18.2 Å². The molecule has 21 heavy (non-hydrogen) atoms. The molecule has 114 valence electrons. The highest BCUT2D eigenvalue weighted by molar-refractivity contribution is 5.35. The largest absolute Gasteiger partial charge is 0.496 e. The standard InChI is InChI=1S/C17H24N2O2/c1-4-14(5-2)19-11-10-13(18-19)12-16(20)15-8-6-7-9-17(15)21-3/h6-11,14,16,20H,4-5,12H2,1-3H3. The van der Waals surface area contributed by atoms with Crippen LogP contribution in [0.3, 0.4) is 0 Å². The molecule has 1 aromatic carbocycles. The molecule has 0 amide bonds. The number of nitrogens with zero attached hydrogens (tertiary/aromatic N) is 2. The Bertz CT molecular complexity index is 561. The van der Waals surface area contributed by atoms with Crippen molar-refractivity contribution in [2.24, 2.45) is 0 Å². The summed E-state index contributed by atoms with van der Waals surface area (Å²) >= 11 is 0. The van der Waals surface area contributed by atoms with Gasteiger partial charge in [0.25, 0.3) is 0 Å². The zero-order valence-corrected chi connectivity index (χ0v) is 13.0. The van der Waals surface area contributed by atoms with Crippen LogP contribution >= 0.6 is 0 Å². The second-order valence-electron chi connectivity index (χ2n) is 5.22. The van der Waals surface area contributed by atoms with Gasteiger partial charge < -0.3 is 9.84 Å². The summed E-state index contributed by atoms with van der Waals surface area (Å²) in [6.07, 6.45) is 4.01. The van der Waals surface area contributed by atoms with E-state index < -0.39 is 6.10 Å². The Hall–Kier alpha value is -1.81. The number of methoxy groups -OCH3 is 1. The third-order valence-corrected chi connectivity index (χ3v) is 3.88. The first-order valence-corrected chi connectivity index (χ1v) is 7.54. The molecule has 0 spiro atoms. The fourth-order valence-corrected chi connectivity index (χ4v) is 2.60. The van der Waals surface area contributed by atoms with E-state index in [-0.39, 0.29) is 0 Å². The summed E-state index contributed by atoms with van der Waals surface area (Å²) in [5, 5.41) is 15.0. The van der Waals surface area contributed by atoms with Crippen LogP contribution in [0, 0.1) is 0 Å². The molecular formula is C17H24N2O2. The molecule has 1 aromatic heterocycles. The number of rotatable bonds is 7. The summed E-state index contributed by atoms with van der Waals surface area (Å²) in [4.78, 5) is 0. The predicted molar refractivity (Wildman–Crippen MR) is 83.5 cm³/mol. The number of hydrogen-bond acceptors (Lipinski definition) is 3. The molecule has 2 rings (SSSR count). The second-order valence-corrected chi connectivity index (χ2v) is 5.22. The Morgan fingerprint density at radius 2 is 1.90 bits per heavy atom. The van der Waals surface area contributed by atoms with E-state index in [1.165, 1.54) is 0 Å². The SMILES string of the molecule is CCC(CC)n1ccc(CC(O)c2ccccc2OC)n1. The molecule has 1 unspecified atom stereocenters. The van der Waals surface area contributed by atoms with Gasteiger partial charge in [-0.05, 0) is 25.0 Å². The van der Waals surface area contributed by atoms with E-state index in [4.69, 9.17) is 4.74 Å². The monoisotopic (exact) mass is 288 g/mol. The summed E-state index contributed by atoms with van der Waals surface area (Å²) in [7, 11) is 1.62. The smallest absolute Gasteiger partial charge is 0.124 e. The topological polar surface area (TPSA) is 47.3 Å². The van der Waals surface area contributed by atoms with E-state index in [0.29, 0.717) is 18.2 Å². The Labute approximate surface area is 126 Å². The lowest BCUT2D eigenvalue weighted by molar-refractivity contribution is 0.172. The van der Waals surface area contributed by atoms with Crippen LogP contribution in [-0.2, 0) is 6.42 Å². The lowest BCUT2D eigenvalue weighted by Gasteiger charge is -2.14. The number of ether oxygens (including phenoxy) is 1. The van der Waals surface area contributed by atoms with Gasteiger partial charge >= 0.3 is 0 Å². The zero-order chi connectivity index (χ0) is 15.2. The number of aliphatic hydroxyl groups is 1. The van der Waals surface area contributed by atoms with E-state index in [9.17, 15) is 5.11 Å². The van der Waals surface area contributed by atoms with Gasteiger partial charge in [0.1, 0.15) is 5.75 Å². The maximum Gasteiger partial charge on any atom is 0.124 e. The van der Waals surface area contributed by atoms with Crippen LogP contribution in [0.5, 0.6) is 5.75 Å². The van der Waals surface area contributed by atoms with Crippen molar-refractivity contribution >= 4 is 0 Å². The fourth-order valence-electron chi connectivity index (χ4n) is 2.60. The van der Waals surface area contributed by atoms with E-state index >= 15 is 0 Å². The normalized spacial score (nSPS) is 12.6. The lowest BCUT2D eigenvalue weighted by atomic mass is 10.0. The van der Waals surface area contributed by atoms with Crippen LogP contribution < -0.4 is 4.74 Å². The van der Waals surface area contributed by atoms with Gasteiger partial charge in [-0.15, -0.1) is 0 Å². The highest BCUT2D eigenvalue weighted by atomic mass is 16.5. The Kier molecular flexibility index (Phi) is 5.39. The number of para-hydroxylation sites is 1. The first-order chi connectivity index (χ1) is 10.2.